The molecule has 0 fully saturated rings. The number of rotatable bonds is 4. The fourth-order valence-corrected chi connectivity index (χ4v) is 1.92. The molecule has 1 N–H and O–H groups in total. The summed E-state index contributed by atoms with van der Waals surface area (Å²) in [6.07, 6.45) is 1.41. The zero-order chi connectivity index (χ0) is 12.3. The summed E-state index contributed by atoms with van der Waals surface area (Å²) in [7, 11) is 0. The van der Waals surface area contributed by atoms with Crippen molar-refractivity contribution in [3.05, 3.63) is 29.3 Å². The minimum absolute atomic E-state index is 0.0950. The van der Waals surface area contributed by atoms with E-state index in [1.165, 1.54) is 5.56 Å². The lowest BCUT2D eigenvalue weighted by Gasteiger charge is -2.08. The number of benzene rings is 1. The van der Waals surface area contributed by atoms with Gasteiger partial charge in [-0.25, -0.2) is 0 Å². The van der Waals surface area contributed by atoms with Gasteiger partial charge < -0.3 is 10.1 Å². The molecule has 0 saturated carbocycles. The normalized spacial score (nSPS) is 13.4. The van der Waals surface area contributed by atoms with E-state index in [0.29, 0.717) is 12.3 Å². The lowest BCUT2D eigenvalue weighted by molar-refractivity contribution is -0.120. The van der Waals surface area contributed by atoms with Crippen LogP contribution < -0.4 is 10.1 Å². The van der Waals surface area contributed by atoms with E-state index in [-0.39, 0.29) is 5.91 Å². The summed E-state index contributed by atoms with van der Waals surface area (Å²) in [4.78, 5) is 11.7. The Balaban J connectivity index is 1.92. The molecule has 0 atom stereocenters. The van der Waals surface area contributed by atoms with Gasteiger partial charge in [0.1, 0.15) is 5.75 Å². The summed E-state index contributed by atoms with van der Waals surface area (Å²) >= 11 is 0. The average Bonchev–Trinajstić information content (AvgIpc) is 2.73. The maximum Gasteiger partial charge on any atom is 0.224 e. The first kappa shape index (κ1) is 12.0. The van der Waals surface area contributed by atoms with Gasteiger partial charge >= 0.3 is 0 Å². The second-order valence-electron chi connectivity index (χ2n) is 4.92. The molecule has 0 unspecified atom stereocenters. The smallest absolute Gasteiger partial charge is 0.224 e. The predicted molar refractivity (Wildman–Crippen MR) is 67.2 cm³/mol. The molecule has 1 aliphatic heterocycles. The summed E-state index contributed by atoms with van der Waals surface area (Å²) in [6.45, 7) is 5.69. The van der Waals surface area contributed by atoms with Crippen LogP contribution in [0.3, 0.4) is 0 Å². The summed E-state index contributed by atoms with van der Waals surface area (Å²) in [5.41, 5.74) is 2.29. The summed E-state index contributed by atoms with van der Waals surface area (Å²) in [6, 6.07) is 6.02. The van der Waals surface area contributed by atoms with E-state index in [2.05, 4.69) is 25.2 Å². The number of fused-ring (bicyclic) bond motifs is 1. The van der Waals surface area contributed by atoms with Crippen molar-refractivity contribution in [2.45, 2.75) is 26.7 Å². The second kappa shape index (κ2) is 5.21. The van der Waals surface area contributed by atoms with Gasteiger partial charge in [0.05, 0.1) is 13.0 Å². The molecule has 3 nitrogen and oxygen atoms in total. The van der Waals surface area contributed by atoms with E-state index in [1.54, 1.807) is 0 Å². The molecule has 0 aromatic heterocycles. The van der Waals surface area contributed by atoms with Gasteiger partial charge in [-0.05, 0) is 23.1 Å². The van der Waals surface area contributed by atoms with Crippen LogP contribution in [-0.2, 0) is 17.6 Å². The first-order chi connectivity index (χ1) is 8.15. The quantitative estimate of drug-likeness (QED) is 0.863. The molecule has 1 heterocycles. The van der Waals surface area contributed by atoms with Gasteiger partial charge in [0.25, 0.3) is 0 Å². The average molecular weight is 233 g/mol. The lowest BCUT2D eigenvalue weighted by atomic mass is 10.1. The number of carbonyl (C=O) groups is 1. The molecule has 1 aliphatic rings. The van der Waals surface area contributed by atoms with E-state index in [1.807, 2.05) is 12.1 Å². The molecule has 1 aromatic carbocycles. The number of amides is 1. The molecule has 0 saturated heterocycles. The van der Waals surface area contributed by atoms with Crippen molar-refractivity contribution >= 4 is 5.91 Å². The SMILES string of the molecule is CC(C)CNC(=O)Cc1ccc2c(c1)CCO2. The number of hydrogen-bond donors (Lipinski definition) is 1. The Kier molecular flexibility index (Phi) is 3.67. The van der Waals surface area contributed by atoms with Gasteiger partial charge in [0.15, 0.2) is 0 Å². The highest BCUT2D eigenvalue weighted by atomic mass is 16.5. The first-order valence-electron chi connectivity index (χ1n) is 6.16. The lowest BCUT2D eigenvalue weighted by Crippen LogP contribution is -2.28. The van der Waals surface area contributed by atoms with E-state index < -0.39 is 0 Å². The van der Waals surface area contributed by atoms with E-state index in [0.717, 1.165) is 30.9 Å². The Bertz CT molecular complexity index is 413. The molecular formula is C14H19NO2. The summed E-state index contributed by atoms with van der Waals surface area (Å²) in [5, 5.41) is 2.93. The molecular weight excluding hydrogens is 214 g/mol. The van der Waals surface area contributed by atoms with Crippen molar-refractivity contribution in [3.8, 4) is 5.75 Å². The fourth-order valence-electron chi connectivity index (χ4n) is 1.92. The van der Waals surface area contributed by atoms with Crippen LogP contribution >= 0.6 is 0 Å². The highest BCUT2D eigenvalue weighted by molar-refractivity contribution is 5.78. The van der Waals surface area contributed by atoms with Crippen LogP contribution in [0, 0.1) is 5.92 Å². The largest absolute Gasteiger partial charge is 0.493 e. The van der Waals surface area contributed by atoms with Crippen molar-refractivity contribution in [2.24, 2.45) is 5.92 Å². The highest BCUT2D eigenvalue weighted by Gasteiger charge is 2.13. The number of nitrogens with one attached hydrogen (secondary N) is 1. The van der Waals surface area contributed by atoms with Crippen LogP contribution in [0.1, 0.15) is 25.0 Å². The van der Waals surface area contributed by atoms with Crippen LogP contribution in [0.25, 0.3) is 0 Å². The van der Waals surface area contributed by atoms with Gasteiger partial charge in [0.2, 0.25) is 5.91 Å². The Morgan fingerprint density at radius 1 is 1.47 bits per heavy atom. The van der Waals surface area contributed by atoms with Gasteiger partial charge in [-0.1, -0.05) is 26.0 Å². The van der Waals surface area contributed by atoms with Gasteiger partial charge in [-0.3, -0.25) is 4.79 Å². The molecule has 0 bridgehead atoms. The Morgan fingerprint density at radius 3 is 3.06 bits per heavy atom. The molecule has 92 valence electrons. The van der Waals surface area contributed by atoms with Crippen LogP contribution in [0.2, 0.25) is 0 Å². The van der Waals surface area contributed by atoms with Crippen LogP contribution in [0.5, 0.6) is 5.75 Å². The molecule has 0 spiro atoms. The van der Waals surface area contributed by atoms with Crippen LogP contribution in [-0.4, -0.2) is 19.1 Å². The molecule has 3 heteroatoms. The maximum atomic E-state index is 11.7. The minimum Gasteiger partial charge on any atom is -0.493 e. The standard InChI is InChI=1S/C14H19NO2/c1-10(2)9-15-14(16)8-11-3-4-13-12(7-11)5-6-17-13/h3-4,7,10H,5-6,8-9H2,1-2H3,(H,15,16). The Morgan fingerprint density at radius 2 is 2.29 bits per heavy atom. The van der Waals surface area contributed by atoms with Crippen molar-refractivity contribution < 1.29 is 9.53 Å². The van der Waals surface area contributed by atoms with Crippen molar-refractivity contribution in [1.29, 1.82) is 0 Å². The highest BCUT2D eigenvalue weighted by Crippen LogP contribution is 2.25. The third-order valence-corrected chi connectivity index (χ3v) is 2.83. The molecule has 0 radical (unpaired) electrons. The van der Waals surface area contributed by atoms with Crippen LogP contribution in [0.4, 0.5) is 0 Å². The number of hydrogen-bond acceptors (Lipinski definition) is 2. The van der Waals surface area contributed by atoms with E-state index in [4.69, 9.17) is 4.74 Å². The van der Waals surface area contributed by atoms with E-state index >= 15 is 0 Å². The van der Waals surface area contributed by atoms with Gasteiger partial charge in [-0.15, -0.1) is 0 Å². The fraction of sp³-hybridized carbons (Fsp3) is 0.500. The zero-order valence-corrected chi connectivity index (χ0v) is 10.5. The summed E-state index contributed by atoms with van der Waals surface area (Å²) in [5.74, 6) is 1.56. The van der Waals surface area contributed by atoms with Crippen molar-refractivity contribution in [3.63, 3.8) is 0 Å². The molecule has 1 aromatic rings. The topological polar surface area (TPSA) is 38.3 Å². The van der Waals surface area contributed by atoms with Gasteiger partial charge in [-0.2, -0.15) is 0 Å². The third-order valence-electron chi connectivity index (χ3n) is 2.83. The maximum absolute atomic E-state index is 11.7. The monoisotopic (exact) mass is 233 g/mol. The molecule has 2 rings (SSSR count). The summed E-state index contributed by atoms with van der Waals surface area (Å²) < 4.78 is 5.44. The Hall–Kier alpha value is -1.51. The van der Waals surface area contributed by atoms with Gasteiger partial charge in [0, 0.05) is 13.0 Å². The Labute approximate surface area is 102 Å². The first-order valence-corrected chi connectivity index (χ1v) is 6.16. The predicted octanol–water partition coefficient (Wildman–Crippen LogP) is 1.94. The third kappa shape index (κ3) is 3.22. The zero-order valence-electron chi connectivity index (χ0n) is 10.5. The molecule has 0 aliphatic carbocycles. The number of carbonyl (C=O) groups excluding carboxylic acids is 1. The second-order valence-corrected chi connectivity index (χ2v) is 4.92. The van der Waals surface area contributed by atoms with Crippen molar-refractivity contribution in [2.75, 3.05) is 13.2 Å². The van der Waals surface area contributed by atoms with E-state index in [9.17, 15) is 4.79 Å². The molecule has 1 amide bonds. The van der Waals surface area contributed by atoms with Crippen molar-refractivity contribution in [1.82, 2.24) is 5.32 Å². The molecule has 17 heavy (non-hydrogen) atoms. The minimum atomic E-state index is 0.0950. The van der Waals surface area contributed by atoms with Crippen LogP contribution in [0.15, 0.2) is 18.2 Å². The number of ether oxygens (including phenoxy) is 1.